The van der Waals surface area contributed by atoms with Gasteiger partial charge in [-0.25, -0.2) is 13.1 Å². The fraction of sp³-hybridized carbons (Fsp3) is 0.300. The molecule has 0 atom stereocenters. The molecule has 2 rings (SSSR count). The lowest BCUT2D eigenvalue weighted by Gasteiger charge is -2.01. The Bertz CT molecular complexity index is 588. The van der Waals surface area contributed by atoms with Crippen LogP contribution in [0.5, 0.6) is 0 Å². The van der Waals surface area contributed by atoms with Crippen molar-refractivity contribution in [1.29, 1.82) is 0 Å². The van der Waals surface area contributed by atoms with Gasteiger partial charge in [-0.3, -0.25) is 0 Å². The summed E-state index contributed by atoms with van der Waals surface area (Å²) in [5.74, 6) is 0.463. The maximum absolute atomic E-state index is 11.9. The first kappa shape index (κ1) is 12.8. The van der Waals surface area contributed by atoms with Crippen molar-refractivity contribution in [3.8, 4) is 0 Å². The minimum atomic E-state index is -3.53. The predicted molar refractivity (Wildman–Crippen MR) is 64.1 cm³/mol. The highest BCUT2D eigenvalue weighted by atomic mass is 32.2. The average Bonchev–Trinajstić information content (AvgIpc) is 2.98. The molecule has 0 aliphatic carbocycles. The van der Waals surface area contributed by atoms with E-state index in [4.69, 9.17) is 4.52 Å². The maximum atomic E-state index is 11.9. The second-order valence-electron chi connectivity index (χ2n) is 3.69. The van der Waals surface area contributed by atoms with Gasteiger partial charge in [-0.1, -0.05) is 5.16 Å². The van der Waals surface area contributed by atoms with Gasteiger partial charge in [0.05, 0.1) is 17.6 Å². The Labute approximate surface area is 105 Å². The third-order valence-electron chi connectivity index (χ3n) is 2.32. The zero-order chi connectivity index (χ0) is 13.0. The molecule has 0 aliphatic heterocycles. The third-order valence-corrected chi connectivity index (χ3v) is 3.70. The largest absolute Gasteiger partial charge is 0.363 e. The molecule has 18 heavy (non-hydrogen) atoms. The van der Waals surface area contributed by atoms with Crippen LogP contribution in [0.1, 0.15) is 11.5 Å². The van der Waals surface area contributed by atoms with E-state index in [-0.39, 0.29) is 11.4 Å². The van der Waals surface area contributed by atoms with Gasteiger partial charge in [-0.2, -0.15) is 0 Å². The molecule has 0 aliphatic rings. The van der Waals surface area contributed by atoms with Crippen molar-refractivity contribution in [2.24, 2.45) is 0 Å². The molecule has 0 saturated carbocycles. The second kappa shape index (κ2) is 5.34. The summed E-state index contributed by atoms with van der Waals surface area (Å²) < 4.78 is 31.1. The zero-order valence-electron chi connectivity index (χ0n) is 9.80. The van der Waals surface area contributed by atoms with E-state index in [9.17, 15) is 8.42 Å². The number of aromatic nitrogens is 2. The summed E-state index contributed by atoms with van der Waals surface area (Å²) in [7, 11) is -1.74. The topological polar surface area (TPSA) is 100 Å². The van der Waals surface area contributed by atoms with Gasteiger partial charge in [-0.15, -0.1) is 0 Å². The molecule has 2 aromatic heterocycles. The first-order valence-corrected chi connectivity index (χ1v) is 6.81. The van der Waals surface area contributed by atoms with Crippen LogP contribution in [0.3, 0.4) is 0 Å². The minimum Gasteiger partial charge on any atom is -0.363 e. The van der Waals surface area contributed by atoms with E-state index in [2.05, 4.69) is 20.2 Å². The fourth-order valence-electron chi connectivity index (χ4n) is 1.45. The molecule has 2 aromatic rings. The molecule has 0 spiro atoms. The van der Waals surface area contributed by atoms with E-state index in [1.54, 1.807) is 19.2 Å². The molecular formula is C10H14N4O3S. The molecule has 0 bridgehead atoms. The van der Waals surface area contributed by atoms with Crippen LogP contribution in [0.4, 0.5) is 0 Å². The Hall–Kier alpha value is -1.64. The first-order chi connectivity index (χ1) is 8.62. The number of H-pyrrole nitrogens is 1. The molecule has 7 nitrogen and oxygen atoms in total. The minimum absolute atomic E-state index is 0.0782. The highest BCUT2D eigenvalue weighted by molar-refractivity contribution is 7.89. The fourth-order valence-corrected chi connectivity index (χ4v) is 2.46. The van der Waals surface area contributed by atoms with Crippen LogP contribution in [-0.2, 0) is 23.1 Å². The molecule has 3 N–H and O–H groups in total. The van der Waals surface area contributed by atoms with Crippen molar-refractivity contribution < 1.29 is 12.9 Å². The van der Waals surface area contributed by atoms with Crippen molar-refractivity contribution in [2.45, 2.75) is 18.0 Å². The molecule has 0 unspecified atom stereocenters. The SMILES string of the molecule is CNCc1cc(S(=O)(=O)NCc2ccno2)c[nH]1. The lowest BCUT2D eigenvalue weighted by atomic mass is 10.4. The van der Waals surface area contributed by atoms with Gasteiger partial charge >= 0.3 is 0 Å². The quantitative estimate of drug-likeness (QED) is 0.696. The molecule has 0 aromatic carbocycles. The van der Waals surface area contributed by atoms with Gasteiger partial charge in [0.2, 0.25) is 10.0 Å². The summed E-state index contributed by atoms with van der Waals surface area (Å²) in [4.78, 5) is 3.09. The molecule has 98 valence electrons. The van der Waals surface area contributed by atoms with Gasteiger partial charge in [0.1, 0.15) is 0 Å². The second-order valence-corrected chi connectivity index (χ2v) is 5.46. The monoisotopic (exact) mass is 270 g/mol. The number of sulfonamides is 1. The first-order valence-electron chi connectivity index (χ1n) is 5.33. The van der Waals surface area contributed by atoms with Gasteiger partial charge in [0, 0.05) is 24.5 Å². The van der Waals surface area contributed by atoms with Crippen molar-refractivity contribution in [1.82, 2.24) is 20.2 Å². The predicted octanol–water partition coefficient (Wildman–Crippen LogP) is 0.201. The molecule has 2 heterocycles. The summed E-state index contributed by atoms with van der Waals surface area (Å²) in [5, 5.41) is 6.43. The normalized spacial score (nSPS) is 11.8. The highest BCUT2D eigenvalue weighted by Crippen LogP contribution is 2.11. The van der Waals surface area contributed by atoms with Crippen LogP contribution in [0.15, 0.2) is 33.9 Å². The molecular weight excluding hydrogens is 256 g/mol. The lowest BCUT2D eigenvalue weighted by Crippen LogP contribution is -2.22. The molecule has 0 saturated heterocycles. The smallest absolute Gasteiger partial charge is 0.242 e. The van der Waals surface area contributed by atoms with E-state index in [1.807, 2.05) is 0 Å². The van der Waals surface area contributed by atoms with Crippen molar-refractivity contribution in [3.63, 3.8) is 0 Å². The Morgan fingerprint density at radius 3 is 2.94 bits per heavy atom. The Balaban J connectivity index is 2.05. The number of nitrogens with zero attached hydrogens (tertiary/aromatic N) is 1. The Morgan fingerprint density at radius 1 is 1.44 bits per heavy atom. The van der Waals surface area contributed by atoms with Crippen LogP contribution in [0.2, 0.25) is 0 Å². The van der Waals surface area contributed by atoms with E-state index >= 15 is 0 Å². The standard InChI is InChI=1S/C10H14N4O3S/c1-11-5-8-4-10(7-12-8)18(15,16)14-6-9-2-3-13-17-9/h2-4,7,11-12,14H,5-6H2,1H3. The highest BCUT2D eigenvalue weighted by Gasteiger charge is 2.16. The molecule has 0 amide bonds. The summed E-state index contributed by atoms with van der Waals surface area (Å²) in [6.07, 6.45) is 2.92. The summed E-state index contributed by atoms with van der Waals surface area (Å²) in [6.45, 7) is 0.659. The van der Waals surface area contributed by atoms with Crippen LogP contribution < -0.4 is 10.0 Å². The molecule has 0 fully saturated rings. The van der Waals surface area contributed by atoms with E-state index in [0.29, 0.717) is 12.3 Å². The van der Waals surface area contributed by atoms with Crippen molar-refractivity contribution >= 4 is 10.0 Å². The van der Waals surface area contributed by atoms with Gasteiger partial charge in [-0.05, 0) is 13.1 Å². The van der Waals surface area contributed by atoms with Gasteiger partial charge in [0.25, 0.3) is 0 Å². The van der Waals surface area contributed by atoms with Crippen LogP contribution in [-0.4, -0.2) is 25.6 Å². The lowest BCUT2D eigenvalue weighted by molar-refractivity contribution is 0.380. The molecule has 0 radical (unpaired) electrons. The number of hydrogen-bond donors (Lipinski definition) is 3. The summed E-state index contributed by atoms with van der Waals surface area (Å²) >= 11 is 0. The molecule has 8 heteroatoms. The summed E-state index contributed by atoms with van der Waals surface area (Å²) in [5.41, 5.74) is 0.803. The van der Waals surface area contributed by atoms with Crippen molar-refractivity contribution in [2.75, 3.05) is 7.05 Å². The summed E-state index contributed by atoms with van der Waals surface area (Å²) in [6, 6.07) is 3.19. The third kappa shape index (κ3) is 2.97. The Morgan fingerprint density at radius 2 is 2.28 bits per heavy atom. The number of rotatable bonds is 6. The number of hydrogen-bond acceptors (Lipinski definition) is 5. The van der Waals surface area contributed by atoms with E-state index < -0.39 is 10.0 Å². The maximum Gasteiger partial charge on any atom is 0.242 e. The van der Waals surface area contributed by atoms with Crippen LogP contribution in [0.25, 0.3) is 0 Å². The van der Waals surface area contributed by atoms with Crippen molar-refractivity contribution in [3.05, 3.63) is 36.0 Å². The number of nitrogens with one attached hydrogen (secondary N) is 3. The van der Waals surface area contributed by atoms with Gasteiger partial charge in [0.15, 0.2) is 5.76 Å². The van der Waals surface area contributed by atoms with E-state index in [1.165, 1.54) is 12.4 Å². The van der Waals surface area contributed by atoms with Crippen LogP contribution in [0, 0.1) is 0 Å². The number of aromatic amines is 1. The van der Waals surface area contributed by atoms with Crippen LogP contribution >= 0.6 is 0 Å². The van der Waals surface area contributed by atoms with Gasteiger partial charge < -0.3 is 14.8 Å². The Kier molecular flexibility index (Phi) is 3.80. The average molecular weight is 270 g/mol. The zero-order valence-corrected chi connectivity index (χ0v) is 10.6. The van der Waals surface area contributed by atoms with E-state index in [0.717, 1.165) is 5.69 Å².